The van der Waals surface area contributed by atoms with Gasteiger partial charge in [-0.15, -0.1) is 5.10 Å². The average Bonchev–Trinajstić information content (AvgIpc) is 2.87. The molecule has 0 saturated carbocycles. The predicted octanol–water partition coefficient (Wildman–Crippen LogP) is 2.49. The minimum Gasteiger partial charge on any atom is -0.371 e. The number of halogens is 1. The molecule has 0 N–H and O–H groups in total. The van der Waals surface area contributed by atoms with Gasteiger partial charge in [0.25, 0.3) is 0 Å². The van der Waals surface area contributed by atoms with Crippen LogP contribution in [0.5, 0.6) is 0 Å². The second-order valence-corrected chi connectivity index (χ2v) is 4.93. The fourth-order valence-electron chi connectivity index (χ4n) is 2.29. The highest BCUT2D eigenvalue weighted by molar-refractivity contribution is 9.08. The van der Waals surface area contributed by atoms with Crippen LogP contribution < -0.4 is 0 Å². The molecule has 0 aliphatic carbocycles. The highest BCUT2D eigenvalue weighted by Crippen LogP contribution is 2.27. The summed E-state index contributed by atoms with van der Waals surface area (Å²) in [5.74, 6) is 0. The molecular formula is C13H14BrN3O. The van der Waals surface area contributed by atoms with Crippen molar-refractivity contribution >= 4 is 15.9 Å². The molecule has 2 aromatic rings. The van der Waals surface area contributed by atoms with Crippen molar-refractivity contribution in [2.24, 2.45) is 0 Å². The highest BCUT2D eigenvalue weighted by Gasteiger charge is 2.21. The zero-order valence-electron chi connectivity index (χ0n) is 9.92. The maximum atomic E-state index is 5.85. The largest absolute Gasteiger partial charge is 0.371 e. The summed E-state index contributed by atoms with van der Waals surface area (Å²) in [4.78, 5) is 0. The lowest BCUT2D eigenvalue weighted by atomic mass is 9.98. The monoisotopic (exact) mass is 307 g/mol. The molecule has 1 aromatic carbocycles. The Bertz CT molecular complexity index is 541. The number of hydrogen-bond acceptors (Lipinski definition) is 3. The van der Waals surface area contributed by atoms with Crippen molar-refractivity contribution in [1.82, 2.24) is 15.0 Å². The van der Waals surface area contributed by atoms with Crippen molar-refractivity contribution < 1.29 is 4.74 Å². The fraction of sp³-hybridized carbons (Fsp3) is 0.385. The van der Waals surface area contributed by atoms with Crippen LogP contribution in [0, 0.1) is 0 Å². The van der Waals surface area contributed by atoms with Crippen LogP contribution in [0.3, 0.4) is 0 Å². The predicted molar refractivity (Wildman–Crippen MR) is 71.5 cm³/mol. The van der Waals surface area contributed by atoms with E-state index < -0.39 is 0 Å². The van der Waals surface area contributed by atoms with Crippen LogP contribution in [0.2, 0.25) is 0 Å². The first-order valence-electron chi connectivity index (χ1n) is 6.01. The Hall–Kier alpha value is -1.20. The SMILES string of the molecule is BrCc1cn(CC2OCCc3ccccc32)nn1. The standard InChI is InChI=1S/C13H14BrN3O/c14-7-11-8-17(16-15-11)9-13-12-4-2-1-3-10(12)5-6-18-13/h1-4,8,13H,5-7,9H2. The lowest BCUT2D eigenvalue weighted by Crippen LogP contribution is -2.20. The molecule has 1 aliphatic rings. The minimum absolute atomic E-state index is 0.0832. The number of benzene rings is 1. The summed E-state index contributed by atoms with van der Waals surface area (Å²) in [6, 6.07) is 8.46. The van der Waals surface area contributed by atoms with E-state index in [2.05, 4.69) is 50.5 Å². The summed E-state index contributed by atoms with van der Waals surface area (Å²) in [6.45, 7) is 1.50. The molecule has 0 spiro atoms. The topological polar surface area (TPSA) is 39.9 Å². The summed E-state index contributed by atoms with van der Waals surface area (Å²) < 4.78 is 7.70. The Morgan fingerprint density at radius 2 is 2.28 bits per heavy atom. The van der Waals surface area contributed by atoms with E-state index in [0.717, 1.165) is 30.6 Å². The van der Waals surface area contributed by atoms with Crippen LogP contribution in [0.15, 0.2) is 30.5 Å². The normalized spacial score (nSPS) is 18.6. The molecular weight excluding hydrogens is 294 g/mol. The molecule has 0 fully saturated rings. The van der Waals surface area contributed by atoms with Crippen molar-refractivity contribution in [3.05, 3.63) is 47.3 Å². The number of ether oxygens (including phenoxy) is 1. The number of rotatable bonds is 3. The van der Waals surface area contributed by atoms with Crippen LogP contribution in [0.25, 0.3) is 0 Å². The van der Waals surface area contributed by atoms with Gasteiger partial charge < -0.3 is 4.74 Å². The lowest BCUT2D eigenvalue weighted by Gasteiger charge is -2.25. The molecule has 2 heterocycles. The number of fused-ring (bicyclic) bond motifs is 1. The fourth-order valence-corrected chi connectivity index (χ4v) is 2.54. The van der Waals surface area contributed by atoms with Crippen molar-refractivity contribution in [1.29, 1.82) is 0 Å². The van der Waals surface area contributed by atoms with Crippen LogP contribution in [-0.4, -0.2) is 21.6 Å². The summed E-state index contributed by atoms with van der Waals surface area (Å²) in [5, 5.41) is 8.91. The molecule has 0 bridgehead atoms. The molecule has 18 heavy (non-hydrogen) atoms. The maximum Gasteiger partial charge on any atom is 0.102 e. The molecule has 3 rings (SSSR count). The third-order valence-corrected chi connectivity index (χ3v) is 3.74. The highest BCUT2D eigenvalue weighted by atomic mass is 79.9. The second-order valence-electron chi connectivity index (χ2n) is 4.37. The molecule has 1 aliphatic heterocycles. The van der Waals surface area contributed by atoms with Gasteiger partial charge in [0.2, 0.25) is 0 Å². The number of hydrogen-bond donors (Lipinski definition) is 0. The first-order chi connectivity index (χ1) is 8.86. The first kappa shape index (κ1) is 11.9. The van der Waals surface area contributed by atoms with Crippen molar-refractivity contribution in [2.45, 2.75) is 24.4 Å². The van der Waals surface area contributed by atoms with E-state index in [4.69, 9.17) is 4.74 Å². The van der Waals surface area contributed by atoms with Gasteiger partial charge in [0.15, 0.2) is 0 Å². The van der Waals surface area contributed by atoms with E-state index in [1.54, 1.807) is 0 Å². The Balaban J connectivity index is 1.81. The summed E-state index contributed by atoms with van der Waals surface area (Å²) in [5.41, 5.74) is 3.60. The lowest BCUT2D eigenvalue weighted by molar-refractivity contribution is 0.0279. The van der Waals surface area contributed by atoms with Gasteiger partial charge in [-0.05, 0) is 17.5 Å². The zero-order chi connectivity index (χ0) is 12.4. The van der Waals surface area contributed by atoms with Gasteiger partial charge in [-0.1, -0.05) is 45.4 Å². The quantitative estimate of drug-likeness (QED) is 0.818. The molecule has 94 valence electrons. The van der Waals surface area contributed by atoms with E-state index in [-0.39, 0.29) is 6.10 Å². The van der Waals surface area contributed by atoms with Crippen LogP contribution in [-0.2, 0) is 23.0 Å². The number of nitrogens with zero attached hydrogens (tertiary/aromatic N) is 3. The molecule has 1 atom stereocenters. The molecule has 0 saturated heterocycles. The van der Waals surface area contributed by atoms with E-state index in [1.807, 2.05) is 10.9 Å². The first-order valence-corrected chi connectivity index (χ1v) is 7.13. The van der Waals surface area contributed by atoms with E-state index >= 15 is 0 Å². The molecule has 4 nitrogen and oxygen atoms in total. The third kappa shape index (κ3) is 2.33. The molecule has 1 aromatic heterocycles. The molecule has 0 amide bonds. The molecule has 1 unspecified atom stereocenters. The maximum absolute atomic E-state index is 5.85. The van der Waals surface area contributed by atoms with Gasteiger partial charge in [-0.3, -0.25) is 0 Å². The number of alkyl halides is 1. The van der Waals surface area contributed by atoms with Gasteiger partial charge in [-0.2, -0.15) is 0 Å². The summed E-state index contributed by atoms with van der Waals surface area (Å²) >= 11 is 3.37. The molecule has 5 heteroatoms. The Kier molecular flexibility index (Phi) is 3.43. The Labute approximate surface area is 114 Å². The van der Waals surface area contributed by atoms with Gasteiger partial charge in [-0.25, -0.2) is 4.68 Å². The van der Waals surface area contributed by atoms with Crippen LogP contribution in [0.1, 0.15) is 22.9 Å². The minimum atomic E-state index is 0.0832. The summed E-state index contributed by atoms with van der Waals surface area (Å²) in [6.07, 6.45) is 3.03. The third-order valence-electron chi connectivity index (χ3n) is 3.17. The second kappa shape index (κ2) is 5.20. The number of aromatic nitrogens is 3. The Morgan fingerprint density at radius 3 is 3.11 bits per heavy atom. The van der Waals surface area contributed by atoms with Crippen LogP contribution in [0.4, 0.5) is 0 Å². The van der Waals surface area contributed by atoms with Gasteiger partial charge in [0.1, 0.15) is 6.10 Å². The van der Waals surface area contributed by atoms with E-state index in [1.165, 1.54) is 11.1 Å². The van der Waals surface area contributed by atoms with Crippen molar-refractivity contribution in [3.8, 4) is 0 Å². The zero-order valence-corrected chi connectivity index (χ0v) is 11.5. The van der Waals surface area contributed by atoms with Crippen molar-refractivity contribution in [2.75, 3.05) is 6.61 Å². The van der Waals surface area contributed by atoms with Gasteiger partial charge >= 0.3 is 0 Å². The Morgan fingerprint density at radius 1 is 1.39 bits per heavy atom. The van der Waals surface area contributed by atoms with Gasteiger partial charge in [0.05, 0.1) is 18.8 Å². The van der Waals surface area contributed by atoms with Crippen LogP contribution >= 0.6 is 15.9 Å². The smallest absolute Gasteiger partial charge is 0.102 e. The van der Waals surface area contributed by atoms with Crippen molar-refractivity contribution in [3.63, 3.8) is 0 Å². The summed E-state index contributed by atoms with van der Waals surface area (Å²) in [7, 11) is 0. The van der Waals surface area contributed by atoms with E-state index in [9.17, 15) is 0 Å². The average molecular weight is 308 g/mol. The molecule has 0 radical (unpaired) electrons. The van der Waals surface area contributed by atoms with Gasteiger partial charge in [0, 0.05) is 11.5 Å². The van der Waals surface area contributed by atoms with E-state index in [0.29, 0.717) is 0 Å².